The SMILES string of the molecule is COC(=O)Cc1c(Br)cc(F)cc1C(=O)OC. The van der Waals surface area contributed by atoms with E-state index in [0.29, 0.717) is 10.0 Å². The smallest absolute Gasteiger partial charge is 0.338 e. The molecule has 0 aliphatic carbocycles. The number of ether oxygens (including phenoxy) is 2. The number of rotatable bonds is 3. The topological polar surface area (TPSA) is 52.6 Å². The fraction of sp³-hybridized carbons (Fsp3) is 0.273. The highest BCUT2D eigenvalue weighted by Gasteiger charge is 2.19. The highest BCUT2D eigenvalue weighted by molar-refractivity contribution is 9.10. The molecule has 17 heavy (non-hydrogen) atoms. The minimum Gasteiger partial charge on any atom is -0.469 e. The van der Waals surface area contributed by atoms with Crippen LogP contribution in [0.3, 0.4) is 0 Å². The quantitative estimate of drug-likeness (QED) is 0.802. The zero-order chi connectivity index (χ0) is 13.0. The summed E-state index contributed by atoms with van der Waals surface area (Å²) in [5.74, 6) is -1.82. The summed E-state index contributed by atoms with van der Waals surface area (Å²) in [6.07, 6.45) is -0.137. The molecule has 0 aliphatic heterocycles. The largest absolute Gasteiger partial charge is 0.469 e. The Morgan fingerprint density at radius 1 is 1.29 bits per heavy atom. The second kappa shape index (κ2) is 5.77. The van der Waals surface area contributed by atoms with Gasteiger partial charge >= 0.3 is 11.9 Å². The van der Waals surface area contributed by atoms with Crippen molar-refractivity contribution >= 4 is 27.9 Å². The second-order valence-corrected chi connectivity index (χ2v) is 4.01. The van der Waals surface area contributed by atoms with E-state index in [1.54, 1.807) is 0 Å². The number of benzene rings is 1. The summed E-state index contributed by atoms with van der Waals surface area (Å²) in [6.45, 7) is 0. The van der Waals surface area contributed by atoms with E-state index in [2.05, 4.69) is 25.4 Å². The Bertz CT molecular complexity index is 459. The molecule has 6 heteroatoms. The zero-order valence-electron chi connectivity index (χ0n) is 9.25. The Balaban J connectivity index is 3.25. The Morgan fingerprint density at radius 3 is 2.47 bits per heavy atom. The average molecular weight is 305 g/mol. The van der Waals surface area contributed by atoms with Gasteiger partial charge in [0.15, 0.2) is 0 Å². The average Bonchev–Trinajstić information content (AvgIpc) is 2.30. The van der Waals surface area contributed by atoms with Crippen LogP contribution in [0.4, 0.5) is 4.39 Å². The summed E-state index contributed by atoms with van der Waals surface area (Å²) >= 11 is 3.10. The van der Waals surface area contributed by atoms with Gasteiger partial charge in [0.25, 0.3) is 0 Å². The number of hydrogen-bond donors (Lipinski definition) is 0. The number of methoxy groups -OCH3 is 2. The maximum absolute atomic E-state index is 13.2. The molecule has 0 bridgehead atoms. The monoisotopic (exact) mass is 304 g/mol. The van der Waals surface area contributed by atoms with Crippen LogP contribution >= 0.6 is 15.9 Å². The van der Waals surface area contributed by atoms with E-state index in [1.807, 2.05) is 0 Å². The van der Waals surface area contributed by atoms with Crippen LogP contribution in [-0.2, 0) is 20.7 Å². The van der Waals surface area contributed by atoms with Crippen LogP contribution < -0.4 is 0 Å². The van der Waals surface area contributed by atoms with E-state index in [9.17, 15) is 14.0 Å². The number of carbonyl (C=O) groups excluding carboxylic acids is 2. The second-order valence-electron chi connectivity index (χ2n) is 3.16. The van der Waals surface area contributed by atoms with Gasteiger partial charge in [-0.2, -0.15) is 0 Å². The maximum atomic E-state index is 13.2. The van der Waals surface area contributed by atoms with Crippen LogP contribution in [0.1, 0.15) is 15.9 Å². The molecule has 1 rings (SSSR count). The standard InChI is InChI=1S/C11H10BrFO4/c1-16-10(14)5-7-8(11(15)17-2)3-6(13)4-9(7)12/h3-4H,5H2,1-2H3. The minimum absolute atomic E-state index is 0.00442. The van der Waals surface area contributed by atoms with Gasteiger partial charge in [-0.1, -0.05) is 15.9 Å². The Morgan fingerprint density at radius 2 is 1.94 bits per heavy atom. The molecule has 0 spiro atoms. The molecule has 0 amide bonds. The molecular formula is C11H10BrFO4. The molecule has 4 nitrogen and oxygen atoms in total. The van der Waals surface area contributed by atoms with Gasteiger partial charge in [-0.3, -0.25) is 4.79 Å². The Hall–Kier alpha value is -1.43. The van der Waals surface area contributed by atoms with Gasteiger partial charge in [0.05, 0.1) is 26.2 Å². The van der Waals surface area contributed by atoms with Gasteiger partial charge in [-0.05, 0) is 17.7 Å². The van der Waals surface area contributed by atoms with Crippen LogP contribution in [0.5, 0.6) is 0 Å². The van der Waals surface area contributed by atoms with E-state index in [0.717, 1.165) is 6.07 Å². The Kier molecular flexibility index (Phi) is 4.62. The predicted octanol–water partition coefficient (Wildman–Crippen LogP) is 2.09. The lowest BCUT2D eigenvalue weighted by Crippen LogP contribution is -2.12. The van der Waals surface area contributed by atoms with Crippen LogP contribution in [0.2, 0.25) is 0 Å². The van der Waals surface area contributed by atoms with Crippen LogP contribution in [0, 0.1) is 5.82 Å². The van der Waals surface area contributed by atoms with Gasteiger partial charge in [-0.25, -0.2) is 9.18 Å². The number of halogens is 2. The summed E-state index contributed by atoms with van der Waals surface area (Å²) in [5.41, 5.74) is 0.342. The summed E-state index contributed by atoms with van der Waals surface area (Å²) < 4.78 is 22.5. The van der Waals surface area contributed by atoms with Crippen molar-refractivity contribution in [3.05, 3.63) is 33.5 Å². The lowest BCUT2D eigenvalue weighted by Gasteiger charge is -2.09. The fourth-order valence-corrected chi connectivity index (χ4v) is 1.86. The van der Waals surface area contributed by atoms with Gasteiger partial charge in [0.2, 0.25) is 0 Å². The molecule has 0 N–H and O–H groups in total. The molecule has 0 atom stereocenters. The maximum Gasteiger partial charge on any atom is 0.338 e. The summed E-state index contributed by atoms with van der Waals surface area (Å²) in [7, 11) is 2.42. The molecule has 0 fully saturated rings. The highest BCUT2D eigenvalue weighted by atomic mass is 79.9. The number of carbonyl (C=O) groups is 2. The summed E-state index contributed by atoms with van der Waals surface area (Å²) in [6, 6.07) is 2.19. The van der Waals surface area contributed by atoms with E-state index in [4.69, 9.17) is 0 Å². The molecule has 1 aromatic carbocycles. The number of hydrogen-bond acceptors (Lipinski definition) is 4. The van der Waals surface area contributed by atoms with Crippen LogP contribution in [-0.4, -0.2) is 26.2 Å². The van der Waals surface area contributed by atoms with Crippen molar-refractivity contribution in [3.63, 3.8) is 0 Å². The minimum atomic E-state index is -0.705. The highest BCUT2D eigenvalue weighted by Crippen LogP contribution is 2.24. The van der Waals surface area contributed by atoms with E-state index in [1.165, 1.54) is 20.3 Å². The lowest BCUT2D eigenvalue weighted by atomic mass is 10.0. The summed E-state index contributed by atoms with van der Waals surface area (Å²) in [5, 5.41) is 0. The molecule has 0 aliphatic rings. The third-order valence-electron chi connectivity index (χ3n) is 2.11. The summed E-state index contributed by atoms with van der Waals surface area (Å²) in [4.78, 5) is 22.6. The Labute approximate surface area is 106 Å². The number of esters is 2. The van der Waals surface area contributed by atoms with Crippen LogP contribution in [0.25, 0.3) is 0 Å². The van der Waals surface area contributed by atoms with Crippen molar-refractivity contribution in [1.29, 1.82) is 0 Å². The first-order valence-corrected chi connectivity index (χ1v) is 5.42. The molecule has 0 aromatic heterocycles. The zero-order valence-corrected chi connectivity index (χ0v) is 10.8. The van der Waals surface area contributed by atoms with Gasteiger partial charge in [0.1, 0.15) is 5.82 Å². The lowest BCUT2D eigenvalue weighted by molar-refractivity contribution is -0.139. The van der Waals surface area contributed by atoms with Gasteiger partial charge in [-0.15, -0.1) is 0 Å². The molecule has 0 radical (unpaired) electrons. The molecule has 0 heterocycles. The molecule has 0 saturated carbocycles. The van der Waals surface area contributed by atoms with E-state index >= 15 is 0 Å². The van der Waals surface area contributed by atoms with Crippen molar-refractivity contribution in [2.75, 3.05) is 14.2 Å². The predicted molar refractivity (Wildman–Crippen MR) is 61.2 cm³/mol. The first kappa shape index (κ1) is 13.6. The van der Waals surface area contributed by atoms with Crippen molar-refractivity contribution in [2.24, 2.45) is 0 Å². The molecule has 0 unspecified atom stereocenters. The normalized spacial score (nSPS) is 9.88. The third kappa shape index (κ3) is 3.26. The van der Waals surface area contributed by atoms with Gasteiger partial charge in [0, 0.05) is 4.47 Å². The molecule has 0 saturated heterocycles. The van der Waals surface area contributed by atoms with Crippen molar-refractivity contribution in [1.82, 2.24) is 0 Å². The first-order chi connectivity index (χ1) is 7.99. The van der Waals surface area contributed by atoms with Crippen LogP contribution in [0.15, 0.2) is 16.6 Å². The van der Waals surface area contributed by atoms with E-state index in [-0.39, 0.29) is 12.0 Å². The molecular weight excluding hydrogens is 295 g/mol. The van der Waals surface area contributed by atoms with Gasteiger partial charge < -0.3 is 9.47 Å². The fourth-order valence-electron chi connectivity index (χ4n) is 1.29. The van der Waals surface area contributed by atoms with E-state index < -0.39 is 17.8 Å². The first-order valence-electron chi connectivity index (χ1n) is 4.62. The van der Waals surface area contributed by atoms with Crippen molar-refractivity contribution < 1.29 is 23.5 Å². The molecule has 92 valence electrons. The van der Waals surface area contributed by atoms with Crippen molar-refractivity contribution in [3.8, 4) is 0 Å². The third-order valence-corrected chi connectivity index (χ3v) is 2.82. The molecule has 1 aromatic rings. The van der Waals surface area contributed by atoms with Crippen molar-refractivity contribution in [2.45, 2.75) is 6.42 Å².